The first-order chi connectivity index (χ1) is 15.0. The van der Waals surface area contributed by atoms with Gasteiger partial charge in [0, 0.05) is 48.5 Å². The molecule has 1 unspecified atom stereocenters. The Balaban J connectivity index is 1.41. The number of halogens is 2. The van der Waals surface area contributed by atoms with Crippen molar-refractivity contribution in [3.05, 3.63) is 35.7 Å². The molecule has 2 saturated heterocycles. The Morgan fingerprint density at radius 2 is 2.13 bits per heavy atom. The lowest BCUT2D eigenvalue weighted by Gasteiger charge is -2.43. The number of nitrogens with one attached hydrogen (secondary N) is 1. The molecule has 0 radical (unpaired) electrons. The Morgan fingerprint density at radius 1 is 1.26 bits per heavy atom. The molecule has 9 heteroatoms. The fraction of sp³-hybridized carbons (Fsp3) is 0.409. The number of benzene rings is 1. The molecule has 7 nitrogen and oxygen atoms in total. The van der Waals surface area contributed by atoms with Crippen molar-refractivity contribution in [1.82, 2.24) is 24.7 Å². The first-order valence-corrected chi connectivity index (χ1v) is 11.0. The minimum atomic E-state index is -1.04. The summed E-state index contributed by atoms with van der Waals surface area (Å²) in [4.78, 5) is 14.8. The van der Waals surface area contributed by atoms with Gasteiger partial charge in [-0.1, -0.05) is 24.1 Å². The van der Waals surface area contributed by atoms with Crippen LogP contribution in [0.25, 0.3) is 33.2 Å². The van der Waals surface area contributed by atoms with Crippen LogP contribution in [0.1, 0.15) is 19.3 Å². The van der Waals surface area contributed by atoms with Crippen molar-refractivity contribution in [1.29, 1.82) is 0 Å². The third kappa shape index (κ3) is 2.85. The molecule has 3 N–H and O–H groups in total. The maximum atomic E-state index is 14.9. The molecule has 3 aromatic heterocycles. The predicted molar refractivity (Wildman–Crippen MR) is 120 cm³/mol. The van der Waals surface area contributed by atoms with E-state index in [0.717, 1.165) is 53.4 Å². The second kappa shape index (κ2) is 6.90. The molecular weight excluding hydrogens is 417 g/mol. The van der Waals surface area contributed by atoms with Gasteiger partial charge in [0.15, 0.2) is 5.65 Å². The van der Waals surface area contributed by atoms with E-state index >= 15 is 0 Å². The molecule has 1 saturated carbocycles. The molecule has 160 valence electrons. The SMILES string of the molecule is Cn1cc2c(Cl)c(-c3c[nH]c4nc(N5CC6CCC[C@@H]5[C@@H](F)[C@@H]6N)cnc34)ccc2n1. The Hall–Kier alpha value is -2.71. The highest BCUT2D eigenvalue weighted by molar-refractivity contribution is 6.38. The number of nitrogens with zero attached hydrogens (tertiary/aromatic N) is 5. The van der Waals surface area contributed by atoms with E-state index in [1.807, 2.05) is 31.6 Å². The van der Waals surface area contributed by atoms with Crippen LogP contribution in [0.3, 0.4) is 0 Å². The predicted octanol–water partition coefficient (Wildman–Crippen LogP) is 3.82. The lowest BCUT2D eigenvalue weighted by molar-refractivity contribution is 0.167. The number of aryl methyl sites for hydroxylation is 1. The molecule has 4 aromatic rings. The minimum absolute atomic E-state index is 0.149. The zero-order valence-electron chi connectivity index (χ0n) is 17.1. The summed E-state index contributed by atoms with van der Waals surface area (Å²) in [6, 6.07) is 3.29. The molecule has 5 heterocycles. The molecule has 2 aliphatic heterocycles. The number of H-pyrrole nitrogens is 1. The van der Waals surface area contributed by atoms with Crippen LogP contribution < -0.4 is 10.6 Å². The summed E-state index contributed by atoms with van der Waals surface area (Å²) in [7, 11) is 1.87. The van der Waals surface area contributed by atoms with E-state index in [2.05, 4.69) is 15.0 Å². The van der Waals surface area contributed by atoms with E-state index in [1.165, 1.54) is 0 Å². The monoisotopic (exact) mass is 439 g/mol. The van der Waals surface area contributed by atoms with Gasteiger partial charge in [-0.25, -0.2) is 14.4 Å². The maximum absolute atomic E-state index is 14.9. The lowest BCUT2D eigenvalue weighted by atomic mass is 9.88. The van der Waals surface area contributed by atoms with Crippen LogP contribution in [0.5, 0.6) is 0 Å². The fourth-order valence-corrected chi connectivity index (χ4v) is 5.58. The van der Waals surface area contributed by atoms with Gasteiger partial charge in [0.25, 0.3) is 0 Å². The Kier molecular flexibility index (Phi) is 4.23. The molecule has 3 aliphatic rings. The van der Waals surface area contributed by atoms with Crippen LogP contribution in [0.2, 0.25) is 5.02 Å². The third-order valence-electron chi connectivity index (χ3n) is 6.88. The second-order valence-electron chi connectivity index (χ2n) is 8.72. The number of nitrogens with two attached hydrogens (primary N) is 1. The topological polar surface area (TPSA) is 88.7 Å². The number of aromatic amines is 1. The van der Waals surface area contributed by atoms with Crippen molar-refractivity contribution >= 4 is 39.5 Å². The molecule has 1 aromatic carbocycles. The zero-order valence-corrected chi connectivity index (χ0v) is 17.8. The van der Waals surface area contributed by atoms with Gasteiger partial charge in [-0.05, 0) is 24.8 Å². The fourth-order valence-electron chi connectivity index (χ4n) is 5.27. The molecule has 0 amide bonds. The largest absolute Gasteiger partial charge is 0.349 e. The highest BCUT2D eigenvalue weighted by Crippen LogP contribution is 2.39. The van der Waals surface area contributed by atoms with Crippen molar-refractivity contribution in [3.63, 3.8) is 0 Å². The van der Waals surface area contributed by atoms with Gasteiger partial charge >= 0.3 is 0 Å². The summed E-state index contributed by atoms with van der Waals surface area (Å²) in [6.45, 7) is 0.726. The number of fused-ring (bicyclic) bond motifs is 6. The van der Waals surface area contributed by atoms with E-state index in [9.17, 15) is 4.39 Å². The Morgan fingerprint density at radius 3 is 3.00 bits per heavy atom. The van der Waals surface area contributed by atoms with Crippen molar-refractivity contribution in [2.24, 2.45) is 18.7 Å². The first-order valence-electron chi connectivity index (χ1n) is 10.6. The van der Waals surface area contributed by atoms with Crippen LogP contribution in [0, 0.1) is 5.92 Å². The zero-order chi connectivity index (χ0) is 21.3. The maximum Gasteiger partial charge on any atom is 0.159 e. The molecular formula is C22H23ClFN7. The number of hydrogen-bond acceptors (Lipinski definition) is 5. The van der Waals surface area contributed by atoms with E-state index in [4.69, 9.17) is 27.3 Å². The van der Waals surface area contributed by atoms with E-state index in [0.29, 0.717) is 16.5 Å². The number of hydrogen-bond donors (Lipinski definition) is 2. The van der Waals surface area contributed by atoms with Gasteiger partial charge in [0.05, 0.1) is 22.8 Å². The van der Waals surface area contributed by atoms with Crippen LogP contribution >= 0.6 is 11.6 Å². The number of alkyl halides is 1. The normalized spacial score (nSPS) is 26.1. The summed E-state index contributed by atoms with van der Waals surface area (Å²) >= 11 is 6.71. The smallest absolute Gasteiger partial charge is 0.159 e. The quantitative estimate of drug-likeness (QED) is 0.495. The highest BCUT2D eigenvalue weighted by Gasteiger charge is 2.44. The Bertz CT molecular complexity index is 1300. The molecule has 3 fully saturated rings. The standard InChI is InChI=1S/C22H23ClFN7/c1-30-10-14-15(29-30)6-5-12(18(14)23)13-7-27-22-21(13)26-8-17(28-22)31-9-11-3-2-4-16(31)19(24)20(11)25/h5-8,10-11,16,19-20H,2-4,9,25H2,1H3,(H,27,28)/t11?,16-,19-,20-/m1/s1. The summed E-state index contributed by atoms with van der Waals surface area (Å²) in [6.07, 6.45) is 7.25. The van der Waals surface area contributed by atoms with Crippen molar-refractivity contribution in [3.8, 4) is 11.1 Å². The number of aromatic nitrogens is 5. The van der Waals surface area contributed by atoms with Crippen molar-refractivity contribution in [2.75, 3.05) is 11.4 Å². The number of anilines is 1. The summed E-state index contributed by atoms with van der Waals surface area (Å²) in [5.74, 6) is 0.844. The number of rotatable bonds is 2. The molecule has 4 atom stereocenters. The summed E-state index contributed by atoms with van der Waals surface area (Å²) < 4.78 is 16.7. The van der Waals surface area contributed by atoms with Crippen LogP contribution in [0.4, 0.5) is 10.2 Å². The average molecular weight is 440 g/mol. The van der Waals surface area contributed by atoms with Gasteiger partial charge < -0.3 is 15.6 Å². The van der Waals surface area contributed by atoms with E-state index < -0.39 is 6.17 Å². The molecule has 31 heavy (non-hydrogen) atoms. The minimum Gasteiger partial charge on any atom is -0.349 e. The first kappa shape index (κ1) is 19.0. The van der Waals surface area contributed by atoms with Gasteiger partial charge in [0.1, 0.15) is 17.5 Å². The summed E-state index contributed by atoms with van der Waals surface area (Å²) in [5, 5.41) is 5.94. The van der Waals surface area contributed by atoms with Crippen molar-refractivity contribution in [2.45, 2.75) is 37.5 Å². The van der Waals surface area contributed by atoms with E-state index in [-0.39, 0.29) is 18.0 Å². The molecule has 2 bridgehead atoms. The van der Waals surface area contributed by atoms with Gasteiger partial charge in [-0.15, -0.1) is 0 Å². The van der Waals surface area contributed by atoms with Crippen molar-refractivity contribution < 1.29 is 4.39 Å². The van der Waals surface area contributed by atoms with Crippen LogP contribution in [-0.4, -0.2) is 49.5 Å². The molecule has 1 aliphatic carbocycles. The van der Waals surface area contributed by atoms with Gasteiger partial charge in [0.2, 0.25) is 0 Å². The van der Waals surface area contributed by atoms with E-state index in [1.54, 1.807) is 10.9 Å². The molecule has 7 rings (SSSR count). The summed E-state index contributed by atoms with van der Waals surface area (Å²) in [5.41, 5.74) is 10.2. The van der Waals surface area contributed by atoms with Gasteiger partial charge in [-0.2, -0.15) is 5.10 Å². The third-order valence-corrected chi connectivity index (χ3v) is 7.28. The van der Waals surface area contributed by atoms with Crippen LogP contribution in [-0.2, 0) is 7.05 Å². The highest BCUT2D eigenvalue weighted by atomic mass is 35.5. The lowest BCUT2D eigenvalue weighted by Crippen LogP contribution is -2.59. The Labute approximate surface area is 183 Å². The molecule has 0 spiro atoms. The average Bonchev–Trinajstić information content (AvgIpc) is 3.24. The van der Waals surface area contributed by atoms with Crippen LogP contribution in [0.15, 0.2) is 30.7 Å². The second-order valence-corrected chi connectivity index (χ2v) is 9.10. The number of piperidine rings is 1. The van der Waals surface area contributed by atoms with Gasteiger partial charge in [-0.3, -0.25) is 4.68 Å².